The summed E-state index contributed by atoms with van der Waals surface area (Å²) in [7, 11) is 0. The number of carbonyl (C=O) groups excluding carboxylic acids is 1. The van der Waals surface area contributed by atoms with Crippen LogP contribution in [0.4, 0.5) is 5.69 Å². The molecule has 1 aromatic rings. The van der Waals surface area contributed by atoms with Gasteiger partial charge in [0.2, 0.25) is 5.91 Å². The predicted octanol–water partition coefficient (Wildman–Crippen LogP) is 4.50. The Labute approximate surface area is 114 Å². The van der Waals surface area contributed by atoms with E-state index in [4.69, 9.17) is 0 Å². The first kappa shape index (κ1) is 12.9. The molecule has 0 spiro atoms. The number of rotatable bonds is 2. The minimum atomic E-state index is -0.0855. The van der Waals surface area contributed by atoms with Crippen LogP contribution in [0.5, 0.6) is 0 Å². The quantitative estimate of drug-likeness (QED) is 0.782. The summed E-state index contributed by atoms with van der Waals surface area (Å²) >= 11 is 9.95. The summed E-state index contributed by atoms with van der Waals surface area (Å²) in [5.41, 5.74) is 1.70. The first-order valence-electron chi connectivity index (χ1n) is 4.09. The van der Waals surface area contributed by atoms with Crippen LogP contribution < -0.4 is 5.32 Å². The molecule has 0 atom stereocenters. The van der Waals surface area contributed by atoms with E-state index < -0.39 is 0 Å². The summed E-state index contributed by atoms with van der Waals surface area (Å²) in [5, 5.41) is 2.76. The van der Waals surface area contributed by atoms with Crippen molar-refractivity contribution in [2.45, 2.75) is 6.92 Å². The highest BCUT2D eigenvalue weighted by Crippen LogP contribution is 2.26. The topological polar surface area (TPSA) is 29.1 Å². The maximum atomic E-state index is 11.0. The van der Waals surface area contributed by atoms with Gasteiger partial charge in [0.15, 0.2) is 0 Å². The van der Waals surface area contributed by atoms with Gasteiger partial charge in [-0.05, 0) is 56.1 Å². The lowest BCUT2D eigenvalue weighted by Crippen LogP contribution is -2.06. The molecule has 15 heavy (non-hydrogen) atoms. The Bertz CT molecular complexity index is 411. The van der Waals surface area contributed by atoms with Crippen LogP contribution in [0.1, 0.15) is 12.5 Å². The zero-order chi connectivity index (χ0) is 11.4. The SMILES string of the molecule is CC(=O)Nc1ccc(Br)cc1C=C(Br)Br. The number of hydrogen-bond acceptors (Lipinski definition) is 1. The van der Waals surface area contributed by atoms with Crippen LogP contribution in [0.3, 0.4) is 0 Å². The highest BCUT2D eigenvalue weighted by molar-refractivity contribution is 9.28. The molecular weight excluding hydrogens is 390 g/mol. The third-order valence-corrected chi connectivity index (χ3v) is 2.54. The second kappa shape index (κ2) is 5.82. The van der Waals surface area contributed by atoms with Crippen molar-refractivity contribution >= 4 is 65.5 Å². The fraction of sp³-hybridized carbons (Fsp3) is 0.100. The Morgan fingerprint density at radius 2 is 2.07 bits per heavy atom. The molecule has 0 radical (unpaired) electrons. The number of hydrogen-bond donors (Lipinski definition) is 1. The molecule has 1 aromatic carbocycles. The number of nitrogens with one attached hydrogen (secondary N) is 1. The number of halogens is 3. The van der Waals surface area contributed by atoms with Crippen molar-refractivity contribution in [2.24, 2.45) is 0 Å². The van der Waals surface area contributed by atoms with E-state index in [0.29, 0.717) is 0 Å². The third kappa shape index (κ3) is 4.49. The minimum absolute atomic E-state index is 0.0855. The van der Waals surface area contributed by atoms with Crippen molar-refractivity contribution in [3.63, 3.8) is 0 Å². The van der Waals surface area contributed by atoms with Gasteiger partial charge in [-0.3, -0.25) is 4.79 Å². The van der Waals surface area contributed by atoms with E-state index >= 15 is 0 Å². The number of anilines is 1. The fourth-order valence-electron chi connectivity index (χ4n) is 1.07. The van der Waals surface area contributed by atoms with Crippen molar-refractivity contribution in [1.29, 1.82) is 0 Å². The van der Waals surface area contributed by atoms with E-state index in [9.17, 15) is 4.79 Å². The van der Waals surface area contributed by atoms with Gasteiger partial charge >= 0.3 is 0 Å². The molecule has 0 aromatic heterocycles. The number of carbonyl (C=O) groups is 1. The zero-order valence-electron chi connectivity index (χ0n) is 7.85. The second-order valence-electron chi connectivity index (χ2n) is 2.85. The number of amides is 1. The molecule has 0 aliphatic rings. The summed E-state index contributed by atoms with van der Waals surface area (Å²) in [4.78, 5) is 11.0. The molecule has 80 valence electrons. The normalized spacial score (nSPS) is 9.60. The number of benzene rings is 1. The molecule has 1 amide bonds. The van der Waals surface area contributed by atoms with Gasteiger partial charge in [-0.25, -0.2) is 0 Å². The van der Waals surface area contributed by atoms with Crippen molar-refractivity contribution < 1.29 is 4.79 Å². The molecule has 0 fully saturated rings. The highest BCUT2D eigenvalue weighted by Gasteiger charge is 2.03. The molecule has 0 aliphatic carbocycles. The average Bonchev–Trinajstić information content (AvgIpc) is 2.08. The lowest BCUT2D eigenvalue weighted by atomic mass is 10.2. The van der Waals surface area contributed by atoms with Crippen molar-refractivity contribution in [2.75, 3.05) is 5.32 Å². The van der Waals surface area contributed by atoms with Crippen LogP contribution in [0.15, 0.2) is 26.1 Å². The largest absolute Gasteiger partial charge is 0.326 e. The zero-order valence-corrected chi connectivity index (χ0v) is 12.6. The monoisotopic (exact) mass is 395 g/mol. The molecule has 0 bridgehead atoms. The minimum Gasteiger partial charge on any atom is -0.326 e. The van der Waals surface area contributed by atoms with Crippen LogP contribution in [0.25, 0.3) is 6.08 Å². The second-order valence-corrected chi connectivity index (χ2v) is 6.54. The summed E-state index contributed by atoms with van der Waals surface area (Å²) in [6, 6.07) is 5.65. The maximum Gasteiger partial charge on any atom is 0.221 e. The highest BCUT2D eigenvalue weighted by atomic mass is 79.9. The Morgan fingerprint density at radius 1 is 1.40 bits per heavy atom. The van der Waals surface area contributed by atoms with E-state index in [1.807, 2.05) is 24.3 Å². The Morgan fingerprint density at radius 3 is 2.60 bits per heavy atom. The van der Waals surface area contributed by atoms with Crippen molar-refractivity contribution in [3.05, 3.63) is 31.6 Å². The standard InChI is InChI=1S/C10H8Br3NO/c1-6(15)14-9-3-2-8(11)4-7(9)5-10(12)13/h2-5H,1H3,(H,14,15). The molecule has 0 unspecified atom stereocenters. The van der Waals surface area contributed by atoms with Crippen molar-refractivity contribution in [1.82, 2.24) is 0 Å². The summed E-state index contributed by atoms with van der Waals surface area (Å²) in [6.07, 6.45) is 1.87. The van der Waals surface area contributed by atoms with Gasteiger partial charge in [-0.2, -0.15) is 0 Å². The Balaban J connectivity index is 3.14. The van der Waals surface area contributed by atoms with Crippen LogP contribution in [-0.4, -0.2) is 5.91 Å². The van der Waals surface area contributed by atoms with Crippen LogP contribution >= 0.6 is 47.8 Å². The lowest BCUT2D eigenvalue weighted by molar-refractivity contribution is -0.114. The molecule has 1 rings (SSSR count). The van der Waals surface area contributed by atoms with Crippen LogP contribution in [0, 0.1) is 0 Å². The molecular formula is C10H8Br3NO. The molecule has 0 saturated carbocycles. The van der Waals surface area contributed by atoms with E-state index in [1.165, 1.54) is 6.92 Å². The van der Waals surface area contributed by atoms with Crippen LogP contribution in [0.2, 0.25) is 0 Å². The third-order valence-electron chi connectivity index (χ3n) is 1.59. The summed E-state index contributed by atoms with van der Waals surface area (Å²) in [5.74, 6) is -0.0855. The van der Waals surface area contributed by atoms with Gasteiger partial charge in [0.25, 0.3) is 0 Å². The van der Waals surface area contributed by atoms with Gasteiger partial charge in [0, 0.05) is 22.6 Å². The predicted molar refractivity (Wildman–Crippen MR) is 74.3 cm³/mol. The fourth-order valence-corrected chi connectivity index (χ4v) is 1.95. The summed E-state index contributed by atoms with van der Waals surface area (Å²) in [6.45, 7) is 1.48. The van der Waals surface area contributed by atoms with Gasteiger partial charge in [0.1, 0.15) is 0 Å². The molecule has 5 heteroatoms. The van der Waals surface area contributed by atoms with Crippen LogP contribution in [-0.2, 0) is 4.79 Å². The first-order chi connectivity index (χ1) is 6.99. The lowest BCUT2D eigenvalue weighted by Gasteiger charge is -2.07. The average molecular weight is 398 g/mol. The van der Waals surface area contributed by atoms with Gasteiger partial charge in [-0.15, -0.1) is 0 Å². The summed E-state index contributed by atoms with van der Waals surface area (Å²) < 4.78 is 1.78. The first-order valence-corrected chi connectivity index (χ1v) is 6.47. The molecule has 1 N–H and O–H groups in total. The van der Waals surface area contributed by atoms with Gasteiger partial charge in [-0.1, -0.05) is 15.9 Å². The molecule has 0 heterocycles. The molecule has 0 saturated heterocycles. The Kier molecular flexibility index (Phi) is 5.02. The van der Waals surface area contributed by atoms with Crippen molar-refractivity contribution in [3.8, 4) is 0 Å². The molecule has 0 aliphatic heterocycles. The van der Waals surface area contributed by atoms with E-state index in [0.717, 1.165) is 19.1 Å². The van der Waals surface area contributed by atoms with E-state index in [1.54, 1.807) is 0 Å². The maximum absolute atomic E-state index is 11.0. The Hall–Kier alpha value is -0.130. The van der Waals surface area contributed by atoms with Gasteiger partial charge in [0.05, 0.1) is 3.39 Å². The van der Waals surface area contributed by atoms with E-state index in [2.05, 4.69) is 53.1 Å². The van der Waals surface area contributed by atoms with Gasteiger partial charge < -0.3 is 5.32 Å². The smallest absolute Gasteiger partial charge is 0.221 e. The van der Waals surface area contributed by atoms with E-state index in [-0.39, 0.29) is 5.91 Å². The molecule has 2 nitrogen and oxygen atoms in total.